The molecule has 0 bridgehead atoms. The van der Waals surface area contributed by atoms with Crippen LogP contribution in [-0.2, 0) is 9.53 Å². The Morgan fingerprint density at radius 2 is 2.07 bits per heavy atom. The molecule has 92 valence electrons. The second-order valence-corrected chi connectivity index (χ2v) is 3.55. The van der Waals surface area contributed by atoms with Crippen molar-refractivity contribution in [2.75, 3.05) is 13.2 Å². The number of hydrogen-bond acceptors (Lipinski definition) is 3. The molecule has 5 heteroatoms. The van der Waals surface area contributed by atoms with Gasteiger partial charge in [-0.2, -0.15) is 0 Å². The summed E-state index contributed by atoms with van der Waals surface area (Å²) in [5, 5.41) is 11.8. The molecule has 0 saturated carbocycles. The third-order valence-electron chi connectivity index (χ3n) is 1.82. The van der Waals surface area contributed by atoms with Gasteiger partial charge in [-0.3, -0.25) is 4.79 Å². The van der Waals surface area contributed by atoms with E-state index < -0.39 is 12.0 Å². The molecule has 0 aliphatic heterocycles. The zero-order valence-corrected chi connectivity index (χ0v) is 10.5. The first-order valence-electron chi connectivity index (χ1n) is 5.15. The second-order valence-electron chi connectivity index (χ2n) is 3.55. The van der Waals surface area contributed by atoms with Gasteiger partial charge in [0.2, 0.25) is 0 Å². The van der Waals surface area contributed by atoms with Crippen molar-refractivity contribution in [3.8, 4) is 0 Å². The molecule has 0 aromatic carbocycles. The number of carboxylic acids is 1. The van der Waals surface area contributed by atoms with E-state index in [2.05, 4.69) is 5.32 Å². The fourth-order valence-electron chi connectivity index (χ4n) is 1.13. The third kappa shape index (κ3) is 9.97. The number of rotatable bonds is 8. The lowest BCUT2D eigenvalue weighted by Gasteiger charge is -2.14. The molecular weight excluding hydrogens is 218 g/mol. The van der Waals surface area contributed by atoms with Gasteiger partial charge in [-0.1, -0.05) is 13.3 Å². The topological polar surface area (TPSA) is 58.6 Å². The first kappa shape index (κ1) is 17.1. The van der Waals surface area contributed by atoms with Crippen LogP contribution in [0.3, 0.4) is 0 Å². The van der Waals surface area contributed by atoms with Crippen molar-refractivity contribution < 1.29 is 14.6 Å². The summed E-state index contributed by atoms with van der Waals surface area (Å²) >= 11 is 0. The van der Waals surface area contributed by atoms with Gasteiger partial charge in [0.1, 0.15) is 6.04 Å². The van der Waals surface area contributed by atoms with Gasteiger partial charge in [-0.05, 0) is 20.3 Å². The van der Waals surface area contributed by atoms with E-state index in [1.165, 1.54) is 0 Å². The van der Waals surface area contributed by atoms with Crippen LogP contribution in [-0.4, -0.2) is 36.4 Å². The summed E-state index contributed by atoms with van der Waals surface area (Å²) in [7, 11) is 0. The number of halogens is 1. The van der Waals surface area contributed by atoms with Crippen LogP contribution in [0.2, 0.25) is 0 Å². The van der Waals surface area contributed by atoms with Gasteiger partial charge in [-0.15, -0.1) is 12.4 Å². The zero-order chi connectivity index (χ0) is 11.0. The summed E-state index contributed by atoms with van der Waals surface area (Å²) in [5.41, 5.74) is 0. The Hall–Kier alpha value is -0.320. The standard InChI is InChI=1S/C10H21NO3.ClH/c1-4-5-9(10(12)13)11-6-7-14-8(2)3;/h8-9,11H,4-7H2,1-3H3,(H,12,13);1H. The Morgan fingerprint density at radius 3 is 2.47 bits per heavy atom. The summed E-state index contributed by atoms with van der Waals surface area (Å²) in [6.45, 7) is 7.05. The number of carbonyl (C=O) groups is 1. The van der Waals surface area contributed by atoms with E-state index in [1.807, 2.05) is 20.8 Å². The van der Waals surface area contributed by atoms with Crippen LogP contribution in [0.5, 0.6) is 0 Å². The van der Waals surface area contributed by atoms with E-state index in [0.717, 1.165) is 6.42 Å². The van der Waals surface area contributed by atoms with Crippen LogP contribution in [0.25, 0.3) is 0 Å². The average molecular weight is 240 g/mol. The largest absolute Gasteiger partial charge is 0.480 e. The van der Waals surface area contributed by atoms with Crippen molar-refractivity contribution in [2.45, 2.75) is 45.8 Å². The number of hydrogen-bond donors (Lipinski definition) is 2. The monoisotopic (exact) mass is 239 g/mol. The summed E-state index contributed by atoms with van der Waals surface area (Å²) in [5.74, 6) is -0.781. The number of aliphatic carboxylic acids is 1. The molecule has 15 heavy (non-hydrogen) atoms. The van der Waals surface area contributed by atoms with Gasteiger partial charge in [0.05, 0.1) is 12.7 Å². The highest BCUT2D eigenvalue weighted by atomic mass is 35.5. The van der Waals surface area contributed by atoms with Crippen molar-refractivity contribution in [3.05, 3.63) is 0 Å². The van der Waals surface area contributed by atoms with Crippen LogP contribution in [0.15, 0.2) is 0 Å². The summed E-state index contributed by atoms with van der Waals surface area (Å²) in [6, 6.07) is -0.434. The van der Waals surface area contributed by atoms with Gasteiger partial charge in [0.15, 0.2) is 0 Å². The molecule has 0 amide bonds. The molecule has 0 heterocycles. The van der Waals surface area contributed by atoms with Crippen molar-refractivity contribution in [2.24, 2.45) is 0 Å². The normalized spacial score (nSPS) is 12.3. The Bertz CT molecular complexity index is 165. The number of ether oxygens (including phenoxy) is 1. The minimum absolute atomic E-state index is 0. The Morgan fingerprint density at radius 1 is 1.47 bits per heavy atom. The Labute approximate surface area is 97.8 Å². The van der Waals surface area contributed by atoms with Crippen molar-refractivity contribution in [1.82, 2.24) is 5.32 Å². The van der Waals surface area contributed by atoms with E-state index >= 15 is 0 Å². The zero-order valence-electron chi connectivity index (χ0n) is 9.66. The maximum atomic E-state index is 10.7. The number of nitrogens with one attached hydrogen (secondary N) is 1. The van der Waals surface area contributed by atoms with Gasteiger partial charge in [-0.25, -0.2) is 0 Å². The lowest BCUT2D eigenvalue weighted by molar-refractivity contribution is -0.139. The molecule has 4 nitrogen and oxygen atoms in total. The first-order chi connectivity index (χ1) is 6.57. The van der Waals surface area contributed by atoms with Crippen molar-refractivity contribution in [1.29, 1.82) is 0 Å². The van der Waals surface area contributed by atoms with E-state index in [4.69, 9.17) is 9.84 Å². The van der Waals surface area contributed by atoms with Crippen molar-refractivity contribution >= 4 is 18.4 Å². The quantitative estimate of drug-likeness (QED) is 0.633. The molecule has 1 unspecified atom stereocenters. The molecule has 0 fully saturated rings. The highest BCUT2D eigenvalue weighted by molar-refractivity contribution is 5.85. The highest BCUT2D eigenvalue weighted by Gasteiger charge is 2.14. The minimum atomic E-state index is -0.781. The lowest BCUT2D eigenvalue weighted by Crippen LogP contribution is -2.38. The van der Waals surface area contributed by atoms with Crippen LogP contribution in [0.1, 0.15) is 33.6 Å². The molecule has 0 spiro atoms. The fraction of sp³-hybridized carbons (Fsp3) is 0.900. The second kappa shape index (κ2) is 10.2. The Balaban J connectivity index is 0. The molecule has 0 aliphatic rings. The van der Waals surface area contributed by atoms with Gasteiger partial charge < -0.3 is 15.2 Å². The molecular formula is C10H22ClNO3. The van der Waals surface area contributed by atoms with Crippen LogP contribution in [0, 0.1) is 0 Å². The smallest absolute Gasteiger partial charge is 0.320 e. The van der Waals surface area contributed by atoms with E-state index in [-0.39, 0.29) is 18.5 Å². The molecule has 0 saturated heterocycles. The highest BCUT2D eigenvalue weighted by Crippen LogP contribution is 1.96. The van der Waals surface area contributed by atoms with Gasteiger partial charge in [0.25, 0.3) is 0 Å². The van der Waals surface area contributed by atoms with E-state index in [0.29, 0.717) is 19.6 Å². The molecule has 2 N–H and O–H groups in total. The van der Waals surface area contributed by atoms with E-state index in [1.54, 1.807) is 0 Å². The molecule has 0 aromatic rings. The minimum Gasteiger partial charge on any atom is -0.480 e. The van der Waals surface area contributed by atoms with Crippen LogP contribution in [0.4, 0.5) is 0 Å². The predicted molar refractivity (Wildman–Crippen MR) is 62.7 cm³/mol. The maximum absolute atomic E-state index is 10.7. The molecule has 1 atom stereocenters. The SMILES string of the molecule is CCCC(NCCOC(C)C)C(=O)O.Cl. The summed E-state index contributed by atoms with van der Waals surface area (Å²) in [6.07, 6.45) is 1.73. The predicted octanol–water partition coefficient (Wildman–Crippen LogP) is 1.68. The van der Waals surface area contributed by atoms with Crippen molar-refractivity contribution in [3.63, 3.8) is 0 Å². The fourth-order valence-corrected chi connectivity index (χ4v) is 1.13. The van der Waals surface area contributed by atoms with Crippen LogP contribution < -0.4 is 5.32 Å². The van der Waals surface area contributed by atoms with Crippen LogP contribution >= 0.6 is 12.4 Å². The first-order valence-corrected chi connectivity index (χ1v) is 5.15. The summed E-state index contributed by atoms with van der Waals surface area (Å²) < 4.78 is 5.29. The third-order valence-corrected chi connectivity index (χ3v) is 1.82. The molecule has 0 aliphatic carbocycles. The molecule has 0 rings (SSSR count). The average Bonchev–Trinajstić information content (AvgIpc) is 2.09. The molecule has 0 radical (unpaired) electrons. The van der Waals surface area contributed by atoms with E-state index in [9.17, 15) is 4.79 Å². The lowest BCUT2D eigenvalue weighted by atomic mass is 10.2. The number of carboxylic acid groups (broad SMARTS) is 1. The van der Waals surface area contributed by atoms with Gasteiger partial charge in [0, 0.05) is 6.54 Å². The summed E-state index contributed by atoms with van der Waals surface area (Å²) in [4.78, 5) is 10.7. The molecule has 0 aromatic heterocycles. The van der Waals surface area contributed by atoms with Gasteiger partial charge >= 0.3 is 5.97 Å². The Kier molecular flexibility index (Phi) is 11.6. The maximum Gasteiger partial charge on any atom is 0.320 e.